The maximum Gasteiger partial charge on any atom is 0.221 e. The van der Waals surface area contributed by atoms with Crippen molar-refractivity contribution in [3.05, 3.63) is 35.4 Å². The molecule has 0 unspecified atom stereocenters. The molecule has 0 atom stereocenters. The zero-order valence-corrected chi connectivity index (χ0v) is 11.6. The Morgan fingerprint density at radius 1 is 1.17 bits per heavy atom. The van der Waals surface area contributed by atoms with Crippen molar-refractivity contribution in [1.82, 2.24) is 10.6 Å². The highest BCUT2D eigenvalue weighted by atomic mass is 16.1. The molecule has 3 nitrogen and oxygen atoms in total. The van der Waals surface area contributed by atoms with Crippen molar-refractivity contribution in [3.8, 4) is 0 Å². The molecule has 0 bridgehead atoms. The van der Waals surface area contributed by atoms with E-state index in [-0.39, 0.29) is 5.91 Å². The van der Waals surface area contributed by atoms with Crippen LogP contribution in [0.1, 0.15) is 37.3 Å². The lowest BCUT2D eigenvalue weighted by atomic mass is 10.0. The van der Waals surface area contributed by atoms with Crippen LogP contribution in [0, 0.1) is 0 Å². The van der Waals surface area contributed by atoms with Gasteiger partial charge < -0.3 is 10.6 Å². The first-order valence-corrected chi connectivity index (χ1v) is 6.63. The van der Waals surface area contributed by atoms with E-state index in [1.165, 1.54) is 11.1 Å². The van der Waals surface area contributed by atoms with Gasteiger partial charge in [0.1, 0.15) is 0 Å². The minimum atomic E-state index is 0.114. The van der Waals surface area contributed by atoms with Crippen molar-refractivity contribution in [1.29, 1.82) is 0 Å². The maximum absolute atomic E-state index is 11.4. The normalized spacial score (nSPS) is 10.7. The molecule has 0 radical (unpaired) electrons. The predicted molar refractivity (Wildman–Crippen MR) is 75.8 cm³/mol. The molecule has 100 valence electrons. The van der Waals surface area contributed by atoms with Gasteiger partial charge in [-0.05, 0) is 30.5 Å². The van der Waals surface area contributed by atoms with E-state index in [9.17, 15) is 4.79 Å². The number of carbonyl (C=O) groups excluding carboxylic acids is 1. The van der Waals surface area contributed by atoms with E-state index >= 15 is 0 Å². The van der Waals surface area contributed by atoms with Crippen LogP contribution in [0.5, 0.6) is 0 Å². The number of carbonyl (C=O) groups is 1. The first-order chi connectivity index (χ1) is 8.63. The van der Waals surface area contributed by atoms with Crippen molar-refractivity contribution in [2.24, 2.45) is 0 Å². The maximum atomic E-state index is 11.4. The summed E-state index contributed by atoms with van der Waals surface area (Å²) < 4.78 is 0. The van der Waals surface area contributed by atoms with Crippen molar-refractivity contribution in [3.63, 3.8) is 0 Å². The lowest BCUT2D eigenvalue weighted by Gasteiger charge is -2.08. The summed E-state index contributed by atoms with van der Waals surface area (Å²) in [5.74, 6) is 0.684. The Morgan fingerprint density at radius 3 is 2.39 bits per heavy atom. The summed E-state index contributed by atoms with van der Waals surface area (Å²) in [6, 6.07) is 8.63. The molecule has 0 saturated heterocycles. The molecule has 2 N–H and O–H groups in total. The van der Waals surface area contributed by atoms with Crippen molar-refractivity contribution < 1.29 is 4.79 Å². The molecule has 0 aliphatic heterocycles. The summed E-state index contributed by atoms with van der Waals surface area (Å²) in [6.07, 6.45) is 1.44. The molecule has 1 aromatic carbocycles. The van der Waals surface area contributed by atoms with Crippen LogP contribution in [0.3, 0.4) is 0 Å². The summed E-state index contributed by atoms with van der Waals surface area (Å²) in [6.45, 7) is 5.83. The van der Waals surface area contributed by atoms with Gasteiger partial charge in [-0.1, -0.05) is 38.1 Å². The van der Waals surface area contributed by atoms with Gasteiger partial charge in [0.25, 0.3) is 0 Å². The van der Waals surface area contributed by atoms with E-state index in [1.807, 2.05) is 7.05 Å². The second-order valence-electron chi connectivity index (χ2n) is 4.85. The molecule has 0 aliphatic rings. The Balaban J connectivity index is 2.29. The van der Waals surface area contributed by atoms with E-state index in [0.717, 1.165) is 13.0 Å². The van der Waals surface area contributed by atoms with Gasteiger partial charge in [-0.15, -0.1) is 0 Å². The second kappa shape index (κ2) is 7.88. The van der Waals surface area contributed by atoms with Gasteiger partial charge in [-0.2, -0.15) is 0 Å². The van der Waals surface area contributed by atoms with Crippen LogP contribution in [0.15, 0.2) is 24.3 Å². The molecule has 18 heavy (non-hydrogen) atoms. The molecule has 1 rings (SSSR count). The van der Waals surface area contributed by atoms with Gasteiger partial charge in [-0.3, -0.25) is 4.79 Å². The number of amides is 1. The molecule has 1 amide bonds. The highest BCUT2D eigenvalue weighted by Crippen LogP contribution is 2.14. The van der Waals surface area contributed by atoms with Gasteiger partial charge in [0.05, 0.1) is 0 Å². The standard InChI is InChI=1S/C15H24N2O/c1-12(2)14-6-4-13(5-7-14)8-11-17-15(18)9-10-16-3/h4-7,12,16H,8-11H2,1-3H3,(H,17,18). The molecule has 0 heterocycles. The van der Waals surface area contributed by atoms with Gasteiger partial charge in [-0.25, -0.2) is 0 Å². The third kappa shape index (κ3) is 5.32. The van der Waals surface area contributed by atoms with Crippen molar-refractivity contribution in [2.75, 3.05) is 20.1 Å². The Bertz CT molecular complexity index is 357. The number of hydrogen-bond acceptors (Lipinski definition) is 2. The van der Waals surface area contributed by atoms with E-state index in [4.69, 9.17) is 0 Å². The van der Waals surface area contributed by atoms with E-state index in [1.54, 1.807) is 0 Å². The summed E-state index contributed by atoms with van der Waals surface area (Å²) in [5.41, 5.74) is 2.63. The van der Waals surface area contributed by atoms with Crippen LogP contribution in [0.2, 0.25) is 0 Å². The van der Waals surface area contributed by atoms with E-state index in [2.05, 4.69) is 48.7 Å². The molecular weight excluding hydrogens is 224 g/mol. The number of nitrogens with one attached hydrogen (secondary N) is 2. The quantitative estimate of drug-likeness (QED) is 0.775. The van der Waals surface area contributed by atoms with Crippen molar-refractivity contribution >= 4 is 5.91 Å². The molecule has 1 aromatic rings. The SMILES string of the molecule is CNCCC(=O)NCCc1ccc(C(C)C)cc1. The zero-order valence-electron chi connectivity index (χ0n) is 11.6. The molecule has 0 aromatic heterocycles. The first kappa shape index (κ1) is 14.7. The second-order valence-corrected chi connectivity index (χ2v) is 4.85. The molecule has 3 heteroatoms. The van der Waals surface area contributed by atoms with Crippen LogP contribution in [0.4, 0.5) is 0 Å². The average Bonchev–Trinajstić information content (AvgIpc) is 2.37. The largest absolute Gasteiger partial charge is 0.356 e. The highest BCUT2D eigenvalue weighted by molar-refractivity contribution is 5.76. The predicted octanol–water partition coefficient (Wildman–Crippen LogP) is 2.08. The fraction of sp³-hybridized carbons (Fsp3) is 0.533. The molecule has 0 spiro atoms. The van der Waals surface area contributed by atoms with Crippen LogP contribution >= 0.6 is 0 Å². The molecule has 0 saturated carbocycles. The Hall–Kier alpha value is -1.35. The smallest absolute Gasteiger partial charge is 0.221 e. The Kier molecular flexibility index (Phi) is 6.44. The fourth-order valence-corrected chi connectivity index (χ4v) is 1.74. The third-order valence-corrected chi connectivity index (χ3v) is 2.98. The lowest BCUT2D eigenvalue weighted by Crippen LogP contribution is -2.28. The van der Waals surface area contributed by atoms with Gasteiger partial charge in [0.2, 0.25) is 5.91 Å². The third-order valence-electron chi connectivity index (χ3n) is 2.98. The number of hydrogen-bond donors (Lipinski definition) is 2. The topological polar surface area (TPSA) is 41.1 Å². The summed E-state index contributed by atoms with van der Waals surface area (Å²) >= 11 is 0. The molecule has 0 aliphatic carbocycles. The average molecular weight is 248 g/mol. The van der Waals surface area contributed by atoms with Crippen LogP contribution in [-0.4, -0.2) is 26.0 Å². The van der Waals surface area contributed by atoms with Crippen molar-refractivity contribution in [2.45, 2.75) is 32.6 Å². The van der Waals surface area contributed by atoms with Gasteiger partial charge in [0.15, 0.2) is 0 Å². The van der Waals surface area contributed by atoms with Gasteiger partial charge >= 0.3 is 0 Å². The number of benzene rings is 1. The minimum absolute atomic E-state index is 0.114. The van der Waals surface area contributed by atoms with Gasteiger partial charge in [0, 0.05) is 19.5 Å². The minimum Gasteiger partial charge on any atom is -0.356 e. The highest BCUT2D eigenvalue weighted by Gasteiger charge is 2.01. The molecular formula is C15H24N2O. The monoisotopic (exact) mass is 248 g/mol. The zero-order chi connectivity index (χ0) is 13.4. The van der Waals surface area contributed by atoms with E-state index < -0.39 is 0 Å². The molecule has 0 fully saturated rings. The summed E-state index contributed by atoms with van der Waals surface area (Å²) in [5, 5.41) is 5.89. The fourth-order valence-electron chi connectivity index (χ4n) is 1.74. The Labute approximate surface area is 110 Å². The summed E-state index contributed by atoms with van der Waals surface area (Å²) in [7, 11) is 1.85. The summed E-state index contributed by atoms with van der Waals surface area (Å²) in [4.78, 5) is 11.4. The van der Waals surface area contributed by atoms with E-state index in [0.29, 0.717) is 18.9 Å². The van der Waals surface area contributed by atoms with Crippen LogP contribution in [0.25, 0.3) is 0 Å². The van der Waals surface area contributed by atoms with Crippen LogP contribution in [-0.2, 0) is 11.2 Å². The Morgan fingerprint density at radius 2 is 1.83 bits per heavy atom. The first-order valence-electron chi connectivity index (χ1n) is 6.63. The number of rotatable bonds is 7. The van der Waals surface area contributed by atoms with Crippen LogP contribution < -0.4 is 10.6 Å². The lowest BCUT2D eigenvalue weighted by molar-refractivity contribution is -0.120.